The molecule has 19 heavy (non-hydrogen) atoms. The monoisotopic (exact) mass is 342 g/mol. The Hall–Kier alpha value is -1.27. The summed E-state index contributed by atoms with van der Waals surface area (Å²) in [5, 5.41) is 9.45. The van der Waals surface area contributed by atoms with E-state index in [0.29, 0.717) is 17.1 Å². The molecule has 0 amide bonds. The molecular formula is C13H11BrO4S. The molecule has 1 aromatic carbocycles. The lowest BCUT2D eigenvalue weighted by atomic mass is 10.1. The van der Waals surface area contributed by atoms with Gasteiger partial charge in [-0.1, -0.05) is 15.9 Å². The number of aliphatic carboxylic acids is 1. The molecule has 0 unspecified atom stereocenters. The predicted octanol–water partition coefficient (Wildman–Crippen LogP) is 3.26. The van der Waals surface area contributed by atoms with Crippen LogP contribution in [0.3, 0.4) is 0 Å². The van der Waals surface area contributed by atoms with Crippen LogP contribution in [0.5, 0.6) is 0 Å². The lowest BCUT2D eigenvalue weighted by Crippen LogP contribution is -2.01. The fraction of sp³-hybridized carbons (Fsp3) is 0.231. The zero-order valence-electron chi connectivity index (χ0n) is 9.89. The fourth-order valence-corrected chi connectivity index (χ4v) is 2.93. The number of halogens is 1. The lowest BCUT2D eigenvalue weighted by molar-refractivity contribution is -0.136. The third kappa shape index (κ3) is 3.84. The van der Waals surface area contributed by atoms with Crippen molar-refractivity contribution in [2.24, 2.45) is 0 Å². The number of hydrogen-bond acceptors (Lipinski definition) is 4. The van der Waals surface area contributed by atoms with E-state index in [4.69, 9.17) is 9.52 Å². The van der Waals surface area contributed by atoms with Crippen molar-refractivity contribution in [3.63, 3.8) is 0 Å². The molecule has 1 aromatic heterocycles. The molecule has 0 spiro atoms. The first kappa shape index (κ1) is 14.1. The molecule has 0 bridgehead atoms. The largest absolute Gasteiger partial charge is 0.481 e. The van der Waals surface area contributed by atoms with Crippen LogP contribution < -0.4 is 5.63 Å². The van der Waals surface area contributed by atoms with Gasteiger partial charge in [0.1, 0.15) is 5.58 Å². The minimum atomic E-state index is -0.811. The van der Waals surface area contributed by atoms with E-state index in [1.54, 1.807) is 6.07 Å². The lowest BCUT2D eigenvalue weighted by Gasteiger charge is -2.05. The Balaban J connectivity index is 2.22. The summed E-state index contributed by atoms with van der Waals surface area (Å²) in [5.41, 5.74) is 1.02. The summed E-state index contributed by atoms with van der Waals surface area (Å²) in [6.45, 7) is 0. The van der Waals surface area contributed by atoms with Gasteiger partial charge in [0.05, 0.1) is 6.42 Å². The Morgan fingerprint density at radius 3 is 2.89 bits per heavy atom. The smallest absolute Gasteiger partial charge is 0.336 e. The molecule has 0 saturated heterocycles. The minimum Gasteiger partial charge on any atom is -0.481 e. The Kier molecular flexibility index (Phi) is 4.66. The van der Waals surface area contributed by atoms with Gasteiger partial charge in [-0.3, -0.25) is 4.79 Å². The third-order valence-electron chi connectivity index (χ3n) is 2.51. The Morgan fingerprint density at radius 1 is 1.37 bits per heavy atom. The first-order chi connectivity index (χ1) is 9.06. The number of carboxylic acid groups (broad SMARTS) is 1. The van der Waals surface area contributed by atoms with Gasteiger partial charge in [-0.15, -0.1) is 0 Å². The number of thioether (sulfide) groups is 1. The number of carboxylic acids is 1. The Bertz CT molecular complexity index is 665. The van der Waals surface area contributed by atoms with Gasteiger partial charge in [-0.2, -0.15) is 11.8 Å². The van der Waals surface area contributed by atoms with Gasteiger partial charge in [-0.05, 0) is 23.8 Å². The van der Waals surface area contributed by atoms with Crippen molar-refractivity contribution >= 4 is 44.6 Å². The van der Waals surface area contributed by atoms with Crippen molar-refractivity contribution in [1.82, 2.24) is 0 Å². The summed E-state index contributed by atoms with van der Waals surface area (Å²) < 4.78 is 5.98. The van der Waals surface area contributed by atoms with Crippen LogP contribution in [0.1, 0.15) is 12.0 Å². The molecule has 1 N–H and O–H groups in total. The van der Waals surface area contributed by atoms with Gasteiger partial charge in [0.25, 0.3) is 0 Å². The molecule has 2 rings (SSSR count). The highest BCUT2D eigenvalue weighted by Crippen LogP contribution is 2.24. The van der Waals surface area contributed by atoms with Crippen LogP contribution in [0.15, 0.2) is 37.9 Å². The summed E-state index contributed by atoms with van der Waals surface area (Å²) in [6.07, 6.45) is 0.121. The molecule has 0 aliphatic rings. The number of carbonyl (C=O) groups is 1. The van der Waals surface area contributed by atoms with Crippen molar-refractivity contribution in [2.75, 3.05) is 5.75 Å². The van der Waals surface area contributed by atoms with Crippen LogP contribution in [-0.4, -0.2) is 16.8 Å². The average Bonchev–Trinajstić information content (AvgIpc) is 2.33. The second-order valence-electron chi connectivity index (χ2n) is 3.93. The summed E-state index contributed by atoms with van der Waals surface area (Å²) in [6, 6.07) is 6.98. The molecule has 0 aliphatic carbocycles. The van der Waals surface area contributed by atoms with Gasteiger partial charge in [0.2, 0.25) is 0 Å². The van der Waals surface area contributed by atoms with Crippen molar-refractivity contribution in [2.45, 2.75) is 12.2 Å². The first-order valence-corrected chi connectivity index (χ1v) is 7.53. The summed E-state index contributed by atoms with van der Waals surface area (Å²) in [4.78, 5) is 21.9. The predicted molar refractivity (Wildman–Crippen MR) is 78.6 cm³/mol. The van der Waals surface area contributed by atoms with E-state index < -0.39 is 5.97 Å². The van der Waals surface area contributed by atoms with Gasteiger partial charge >= 0.3 is 11.6 Å². The van der Waals surface area contributed by atoms with E-state index in [0.717, 1.165) is 15.4 Å². The molecule has 4 nitrogen and oxygen atoms in total. The summed E-state index contributed by atoms with van der Waals surface area (Å²) >= 11 is 4.82. The zero-order chi connectivity index (χ0) is 13.8. The molecule has 0 fully saturated rings. The van der Waals surface area contributed by atoms with Gasteiger partial charge in [0, 0.05) is 27.4 Å². The average molecular weight is 343 g/mol. The van der Waals surface area contributed by atoms with Crippen LogP contribution >= 0.6 is 27.7 Å². The van der Waals surface area contributed by atoms with Crippen LogP contribution in [0.4, 0.5) is 0 Å². The topological polar surface area (TPSA) is 67.5 Å². The standard InChI is InChI=1S/C13H11BrO4S/c14-9-1-2-10-8(7-19-4-3-12(15)16)5-13(17)18-11(10)6-9/h1-2,5-6H,3-4,7H2,(H,15,16). The Morgan fingerprint density at radius 2 is 2.16 bits per heavy atom. The highest BCUT2D eigenvalue weighted by atomic mass is 79.9. The summed E-state index contributed by atoms with van der Waals surface area (Å²) in [7, 11) is 0. The van der Waals surface area contributed by atoms with Gasteiger partial charge in [-0.25, -0.2) is 4.79 Å². The van der Waals surface area contributed by atoms with Crippen molar-refractivity contribution in [3.8, 4) is 0 Å². The fourth-order valence-electron chi connectivity index (χ4n) is 1.66. The molecule has 2 aromatic rings. The number of hydrogen-bond donors (Lipinski definition) is 1. The van der Waals surface area contributed by atoms with E-state index in [9.17, 15) is 9.59 Å². The first-order valence-electron chi connectivity index (χ1n) is 5.58. The third-order valence-corrected chi connectivity index (χ3v) is 4.01. The van der Waals surface area contributed by atoms with Crippen LogP contribution in [0.25, 0.3) is 11.0 Å². The maximum atomic E-state index is 11.5. The van der Waals surface area contributed by atoms with Crippen LogP contribution in [0, 0.1) is 0 Å². The van der Waals surface area contributed by atoms with Crippen molar-refractivity contribution in [3.05, 3.63) is 44.7 Å². The van der Waals surface area contributed by atoms with Crippen molar-refractivity contribution in [1.29, 1.82) is 0 Å². The minimum absolute atomic E-state index is 0.121. The summed E-state index contributed by atoms with van der Waals surface area (Å²) in [5.74, 6) is 0.304. The SMILES string of the molecule is O=C(O)CCSCc1cc(=O)oc2cc(Br)ccc12. The highest BCUT2D eigenvalue weighted by molar-refractivity contribution is 9.10. The van der Waals surface area contributed by atoms with E-state index in [2.05, 4.69) is 15.9 Å². The molecule has 6 heteroatoms. The molecular weight excluding hydrogens is 332 g/mol. The highest BCUT2D eigenvalue weighted by Gasteiger charge is 2.06. The van der Waals surface area contributed by atoms with E-state index in [1.165, 1.54) is 17.8 Å². The number of fused-ring (bicyclic) bond motifs is 1. The molecule has 0 radical (unpaired) electrons. The van der Waals surface area contributed by atoms with Crippen LogP contribution in [-0.2, 0) is 10.5 Å². The normalized spacial score (nSPS) is 10.8. The van der Waals surface area contributed by atoms with Crippen LogP contribution in [0.2, 0.25) is 0 Å². The zero-order valence-corrected chi connectivity index (χ0v) is 12.3. The Labute approximate surface area is 121 Å². The maximum absolute atomic E-state index is 11.5. The maximum Gasteiger partial charge on any atom is 0.336 e. The molecule has 0 atom stereocenters. The molecule has 1 heterocycles. The van der Waals surface area contributed by atoms with Gasteiger partial charge < -0.3 is 9.52 Å². The molecule has 0 saturated carbocycles. The molecule has 100 valence electrons. The second kappa shape index (κ2) is 6.25. The van der Waals surface area contributed by atoms with E-state index in [1.807, 2.05) is 12.1 Å². The van der Waals surface area contributed by atoms with E-state index in [-0.39, 0.29) is 12.0 Å². The van der Waals surface area contributed by atoms with Crippen molar-refractivity contribution < 1.29 is 14.3 Å². The van der Waals surface area contributed by atoms with E-state index >= 15 is 0 Å². The van der Waals surface area contributed by atoms with Gasteiger partial charge in [0.15, 0.2) is 0 Å². The second-order valence-corrected chi connectivity index (χ2v) is 5.95. The molecule has 0 aliphatic heterocycles. The number of rotatable bonds is 5. The number of benzene rings is 1. The quantitative estimate of drug-likeness (QED) is 0.667.